The van der Waals surface area contributed by atoms with Gasteiger partial charge >= 0.3 is 12.1 Å². The number of benzene rings is 2. The minimum absolute atomic E-state index is 0.0926. The Morgan fingerprint density at radius 3 is 2.14 bits per heavy atom. The number of hydrogen-bond donors (Lipinski definition) is 1. The molecular formula is C17H17NO4. The molecule has 0 saturated heterocycles. The molecule has 114 valence electrons. The van der Waals surface area contributed by atoms with Crippen molar-refractivity contribution in [3.63, 3.8) is 0 Å². The van der Waals surface area contributed by atoms with Crippen LogP contribution in [-0.4, -0.2) is 23.2 Å². The van der Waals surface area contributed by atoms with Gasteiger partial charge in [0.05, 0.1) is 0 Å². The van der Waals surface area contributed by atoms with Crippen molar-refractivity contribution in [2.75, 3.05) is 4.90 Å². The maximum absolute atomic E-state index is 12.3. The second-order valence-corrected chi connectivity index (χ2v) is 4.76. The third kappa shape index (κ3) is 3.85. The van der Waals surface area contributed by atoms with Crippen LogP contribution in [0.4, 0.5) is 10.5 Å². The monoisotopic (exact) mass is 299 g/mol. The van der Waals surface area contributed by atoms with E-state index < -0.39 is 18.1 Å². The van der Waals surface area contributed by atoms with Crippen LogP contribution in [0.15, 0.2) is 60.7 Å². The Kier molecular flexibility index (Phi) is 5.14. The predicted octanol–water partition coefficient (Wildman–Crippen LogP) is 3.30. The Morgan fingerprint density at radius 1 is 1.05 bits per heavy atom. The fourth-order valence-electron chi connectivity index (χ4n) is 1.98. The van der Waals surface area contributed by atoms with Crippen LogP contribution in [0, 0.1) is 0 Å². The summed E-state index contributed by atoms with van der Waals surface area (Å²) in [6.07, 6.45) is -0.690. The van der Waals surface area contributed by atoms with Gasteiger partial charge in [0, 0.05) is 5.69 Å². The Labute approximate surface area is 128 Å². The van der Waals surface area contributed by atoms with E-state index in [0.717, 1.165) is 10.5 Å². The van der Waals surface area contributed by atoms with Gasteiger partial charge < -0.3 is 9.84 Å². The number of carboxylic acids is 1. The molecule has 0 bridgehead atoms. The Balaban J connectivity index is 2.14. The van der Waals surface area contributed by atoms with Gasteiger partial charge in [0.25, 0.3) is 0 Å². The number of nitrogens with zero attached hydrogens (tertiary/aromatic N) is 1. The molecule has 2 aromatic carbocycles. The summed E-state index contributed by atoms with van der Waals surface area (Å²) in [4.78, 5) is 24.7. The van der Waals surface area contributed by atoms with E-state index in [1.54, 1.807) is 30.3 Å². The van der Waals surface area contributed by atoms with Crippen molar-refractivity contribution in [2.24, 2.45) is 0 Å². The largest absolute Gasteiger partial charge is 0.480 e. The number of hydrogen-bond acceptors (Lipinski definition) is 3. The van der Waals surface area contributed by atoms with E-state index >= 15 is 0 Å². The SMILES string of the molecule is CC(C(=O)O)N(C(=O)OCc1ccccc1)c1ccccc1. The van der Waals surface area contributed by atoms with Gasteiger partial charge in [0.2, 0.25) is 0 Å². The summed E-state index contributed by atoms with van der Waals surface area (Å²) in [6.45, 7) is 1.54. The number of anilines is 1. The van der Waals surface area contributed by atoms with E-state index in [1.165, 1.54) is 6.92 Å². The smallest absolute Gasteiger partial charge is 0.415 e. The molecule has 2 aromatic rings. The number of carbonyl (C=O) groups is 2. The lowest BCUT2D eigenvalue weighted by Crippen LogP contribution is -2.43. The maximum Gasteiger partial charge on any atom is 0.415 e. The van der Waals surface area contributed by atoms with Gasteiger partial charge in [-0.15, -0.1) is 0 Å². The highest BCUT2D eigenvalue weighted by molar-refractivity contribution is 5.94. The third-order valence-corrected chi connectivity index (χ3v) is 3.18. The summed E-state index contributed by atoms with van der Waals surface area (Å²) >= 11 is 0. The summed E-state index contributed by atoms with van der Waals surface area (Å²) in [5.41, 5.74) is 1.32. The molecule has 2 rings (SSSR count). The lowest BCUT2D eigenvalue weighted by atomic mass is 10.2. The van der Waals surface area contributed by atoms with Gasteiger partial charge in [0.15, 0.2) is 0 Å². The molecule has 0 saturated carbocycles. The van der Waals surface area contributed by atoms with Crippen molar-refractivity contribution in [3.8, 4) is 0 Å². The van der Waals surface area contributed by atoms with Crippen molar-refractivity contribution in [1.29, 1.82) is 0 Å². The van der Waals surface area contributed by atoms with Crippen LogP contribution < -0.4 is 4.90 Å². The molecule has 1 atom stereocenters. The van der Waals surface area contributed by atoms with Gasteiger partial charge in [-0.1, -0.05) is 48.5 Å². The average molecular weight is 299 g/mol. The number of amides is 1. The first kappa shape index (κ1) is 15.6. The molecule has 0 aliphatic rings. The molecule has 5 nitrogen and oxygen atoms in total. The zero-order valence-corrected chi connectivity index (χ0v) is 12.2. The highest BCUT2D eigenvalue weighted by atomic mass is 16.6. The molecular weight excluding hydrogens is 282 g/mol. The number of ether oxygens (including phenoxy) is 1. The lowest BCUT2D eigenvalue weighted by molar-refractivity contribution is -0.138. The maximum atomic E-state index is 12.3. The molecule has 5 heteroatoms. The molecule has 1 amide bonds. The van der Waals surface area contributed by atoms with Crippen LogP contribution in [0.5, 0.6) is 0 Å². The van der Waals surface area contributed by atoms with Crippen molar-refractivity contribution >= 4 is 17.7 Å². The molecule has 0 aliphatic heterocycles. The molecule has 22 heavy (non-hydrogen) atoms. The molecule has 1 N–H and O–H groups in total. The second-order valence-electron chi connectivity index (χ2n) is 4.76. The molecule has 0 aliphatic carbocycles. The fraction of sp³-hybridized carbons (Fsp3) is 0.176. The van der Waals surface area contributed by atoms with E-state index in [4.69, 9.17) is 4.74 Å². The van der Waals surface area contributed by atoms with E-state index in [-0.39, 0.29) is 6.61 Å². The Hall–Kier alpha value is -2.82. The normalized spacial score (nSPS) is 11.5. The second kappa shape index (κ2) is 7.26. The predicted molar refractivity (Wildman–Crippen MR) is 82.6 cm³/mol. The van der Waals surface area contributed by atoms with Crippen LogP contribution in [0.2, 0.25) is 0 Å². The zero-order valence-electron chi connectivity index (χ0n) is 12.2. The fourth-order valence-corrected chi connectivity index (χ4v) is 1.98. The van der Waals surface area contributed by atoms with Crippen LogP contribution in [-0.2, 0) is 16.1 Å². The number of carboxylic acid groups (broad SMARTS) is 1. The number of aliphatic carboxylic acids is 1. The van der Waals surface area contributed by atoms with Crippen molar-refractivity contribution in [1.82, 2.24) is 0 Å². The summed E-state index contributed by atoms with van der Waals surface area (Å²) in [6, 6.07) is 16.8. The lowest BCUT2D eigenvalue weighted by Gasteiger charge is -2.25. The first-order valence-electron chi connectivity index (χ1n) is 6.87. The molecule has 0 radical (unpaired) electrons. The van der Waals surface area contributed by atoms with Crippen LogP contribution in [0.25, 0.3) is 0 Å². The standard InChI is InChI=1S/C17H17NO4/c1-13(16(19)20)18(15-10-6-3-7-11-15)17(21)22-12-14-8-4-2-5-9-14/h2-11,13H,12H2,1H3,(H,19,20). The van der Waals surface area contributed by atoms with Gasteiger partial charge in [0.1, 0.15) is 12.6 Å². The minimum atomic E-state index is -1.10. The van der Waals surface area contributed by atoms with Crippen LogP contribution >= 0.6 is 0 Å². The summed E-state index contributed by atoms with van der Waals surface area (Å²) in [5.74, 6) is -1.10. The summed E-state index contributed by atoms with van der Waals surface area (Å²) in [5, 5.41) is 9.20. The average Bonchev–Trinajstić information content (AvgIpc) is 2.55. The van der Waals surface area contributed by atoms with Crippen molar-refractivity contribution in [3.05, 3.63) is 66.2 Å². The first-order chi connectivity index (χ1) is 10.6. The van der Waals surface area contributed by atoms with Gasteiger partial charge in [-0.3, -0.25) is 4.90 Å². The van der Waals surface area contributed by atoms with Crippen molar-refractivity contribution in [2.45, 2.75) is 19.6 Å². The Bertz CT molecular complexity index is 628. The van der Waals surface area contributed by atoms with Gasteiger partial charge in [-0.05, 0) is 24.6 Å². The topological polar surface area (TPSA) is 66.8 Å². The summed E-state index contributed by atoms with van der Waals surface area (Å²) < 4.78 is 5.24. The van der Waals surface area contributed by atoms with Crippen LogP contribution in [0.1, 0.15) is 12.5 Å². The highest BCUT2D eigenvalue weighted by Crippen LogP contribution is 2.18. The van der Waals surface area contributed by atoms with E-state index in [1.807, 2.05) is 30.3 Å². The highest BCUT2D eigenvalue weighted by Gasteiger charge is 2.28. The quantitative estimate of drug-likeness (QED) is 0.920. The number of para-hydroxylation sites is 1. The van der Waals surface area contributed by atoms with E-state index in [2.05, 4.69) is 0 Å². The summed E-state index contributed by atoms with van der Waals surface area (Å²) in [7, 11) is 0. The zero-order chi connectivity index (χ0) is 15.9. The van der Waals surface area contributed by atoms with Crippen molar-refractivity contribution < 1.29 is 19.4 Å². The molecule has 1 unspecified atom stereocenters. The number of carbonyl (C=O) groups excluding carboxylic acids is 1. The van der Waals surface area contributed by atoms with E-state index in [9.17, 15) is 14.7 Å². The van der Waals surface area contributed by atoms with Gasteiger partial charge in [-0.25, -0.2) is 9.59 Å². The molecule has 0 fully saturated rings. The number of rotatable bonds is 5. The Morgan fingerprint density at radius 2 is 1.59 bits per heavy atom. The third-order valence-electron chi connectivity index (χ3n) is 3.18. The molecule has 0 aromatic heterocycles. The molecule has 0 heterocycles. The van der Waals surface area contributed by atoms with Gasteiger partial charge in [-0.2, -0.15) is 0 Å². The first-order valence-corrected chi connectivity index (χ1v) is 6.87. The molecule has 0 spiro atoms. The minimum Gasteiger partial charge on any atom is -0.480 e. The van der Waals surface area contributed by atoms with E-state index in [0.29, 0.717) is 5.69 Å². The van der Waals surface area contributed by atoms with Crippen LogP contribution in [0.3, 0.4) is 0 Å².